The number of hydrogen-bond donors (Lipinski definition) is 0. The lowest BCUT2D eigenvalue weighted by Gasteiger charge is -2.47. The van der Waals surface area contributed by atoms with Gasteiger partial charge in [0.2, 0.25) is 0 Å². The lowest BCUT2D eigenvalue weighted by molar-refractivity contribution is -0.141. The van der Waals surface area contributed by atoms with E-state index in [1.54, 1.807) is 14.2 Å². The largest absolute Gasteiger partial charge is 0.493 e. The molecule has 0 spiro atoms. The first-order chi connectivity index (χ1) is 17.1. The van der Waals surface area contributed by atoms with E-state index >= 15 is 0 Å². The molecule has 1 fully saturated rings. The van der Waals surface area contributed by atoms with Gasteiger partial charge in [-0.15, -0.1) is 0 Å². The summed E-state index contributed by atoms with van der Waals surface area (Å²) >= 11 is 0. The molecule has 3 aliphatic rings. The van der Waals surface area contributed by atoms with Gasteiger partial charge in [-0.3, -0.25) is 14.6 Å². The van der Waals surface area contributed by atoms with E-state index in [1.807, 2.05) is 0 Å². The summed E-state index contributed by atoms with van der Waals surface area (Å²) in [5.41, 5.74) is 5.69. The minimum absolute atomic E-state index is 0.102. The first kappa shape index (κ1) is 24.1. The monoisotopic (exact) mass is 478 g/mol. The first-order valence-corrected chi connectivity index (χ1v) is 12.9. The molecule has 6 nitrogen and oxygen atoms in total. The summed E-state index contributed by atoms with van der Waals surface area (Å²) in [5, 5.41) is 0. The van der Waals surface area contributed by atoms with Gasteiger partial charge in [0.05, 0.1) is 21.3 Å². The number of piperidine rings is 1. The van der Waals surface area contributed by atoms with Crippen molar-refractivity contribution in [2.75, 3.05) is 41.0 Å². The Balaban J connectivity index is 1.31. The van der Waals surface area contributed by atoms with E-state index in [2.05, 4.69) is 46.2 Å². The predicted octanol–water partition coefficient (Wildman–Crippen LogP) is 3.87. The normalized spacial score (nSPS) is 22.9. The van der Waals surface area contributed by atoms with Gasteiger partial charge in [-0.1, -0.05) is 24.3 Å². The van der Waals surface area contributed by atoms with Gasteiger partial charge >= 0.3 is 5.97 Å². The highest BCUT2D eigenvalue weighted by molar-refractivity contribution is 5.69. The topological polar surface area (TPSA) is 51.2 Å². The minimum Gasteiger partial charge on any atom is -0.493 e. The summed E-state index contributed by atoms with van der Waals surface area (Å²) in [4.78, 5) is 17.4. The fourth-order valence-electron chi connectivity index (χ4n) is 6.53. The van der Waals surface area contributed by atoms with Gasteiger partial charge < -0.3 is 14.2 Å². The summed E-state index contributed by atoms with van der Waals surface area (Å²) in [5.74, 6) is 1.95. The number of carbonyl (C=O) groups excluding carboxylic acids is 1. The molecular formula is C29H38N2O4. The van der Waals surface area contributed by atoms with E-state index in [9.17, 15) is 4.79 Å². The molecule has 1 aliphatic carbocycles. The molecule has 2 atom stereocenters. The molecule has 35 heavy (non-hydrogen) atoms. The molecule has 188 valence electrons. The third kappa shape index (κ3) is 5.05. The molecule has 0 unspecified atom stereocenters. The van der Waals surface area contributed by atoms with Gasteiger partial charge in [0.15, 0.2) is 11.5 Å². The highest BCUT2D eigenvalue weighted by Crippen LogP contribution is 2.37. The maximum Gasteiger partial charge on any atom is 0.305 e. The van der Waals surface area contributed by atoms with E-state index in [1.165, 1.54) is 29.4 Å². The molecule has 2 aromatic carbocycles. The Hall–Kier alpha value is -2.57. The molecular weight excluding hydrogens is 440 g/mol. The highest BCUT2D eigenvalue weighted by Gasteiger charge is 2.38. The van der Waals surface area contributed by atoms with Crippen LogP contribution in [0.5, 0.6) is 11.5 Å². The second-order valence-electron chi connectivity index (χ2n) is 10.3. The van der Waals surface area contributed by atoms with Crippen LogP contribution in [0.3, 0.4) is 0 Å². The van der Waals surface area contributed by atoms with Crippen molar-refractivity contribution in [3.05, 3.63) is 58.7 Å². The van der Waals surface area contributed by atoms with Crippen LogP contribution in [0.4, 0.5) is 0 Å². The predicted molar refractivity (Wildman–Crippen MR) is 136 cm³/mol. The molecule has 0 bridgehead atoms. The molecule has 2 aliphatic heterocycles. The molecule has 2 aromatic rings. The second-order valence-corrected chi connectivity index (χ2v) is 10.3. The maximum atomic E-state index is 12.0. The number of nitrogens with zero attached hydrogens (tertiary/aromatic N) is 2. The van der Waals surface area contributed by atoms with E-state index in [4.69, 9.17) is 14.2 Å². The van der Waals surface area contributed by atoms with Crippen molar-refractivity contribution in [1.82, 2.24) is 9.80 Å². The summed E-state index contributed by atoms with van der Waals surface area (Å²) in [6.45, 7) is 4.13. The number of ether oxygens (including phenoxy) is 3. The highest BCUT2D eigenvalue weighted by atomic mass is 16.5. The van der Waals surface area contributed by atoms with Crippen molar-refractivity contribution < 1.29 is 19.0 Å². The summed E-state index contributed by atoms with van der Waals surface area (Å²) < 4.78 is 16.1. The van der Waals surface area contributed by atoms with Gasteiger partial charge in [-0.05, 0) is 79.0 Å². The first-order valence-electron chi connectivity index (χ1n) is 12.9. The molecule has 0 radical (unpaired) electrons. The van der Waals surface area contributed by atoms with Gasteiger partial charge in [0, 0.05) is 38.1 Å². The van der Waals surface area contributed by atoms with Gasteiger partial charge in [-0.25, -0.2) is 0 Å². The summed E-state index contributed by atoms with van der Waals surface area (Å²) in [6, 6.07) is 14.2. The Bertz CT molecular complexity index is 1030. The number of likely N-dealkylation sites (tertiary alicyclic amines) is 1. The van der Waals surface area contributed by atoms with E-state index in [0.29, 0.717) is 24.4 Å². The van der Waals surface area contributed by atoms with Crippen LogP contribution in [-0.2, 0) is 35.3 Å². The summed E-state index contributed by atoms with van der Waals surface area (Å²) in [7, 11) is 4.89. The number of esters is 1. The van der Waals surface area contributed by atoms with Gasteiger partial charge in [0.25, 0.3) is 0 Å². The smallest absolute Gasteiger partial charge is 0.305 e. The van der Waals surface area contributed by atoms with E-state index < -0.39 is 0 Å². The number of fused-ring (bicyclic) bond motifs is 2. The molecule has 0 saturated carbocycles. The third-order valence-electron chi connectivity index (χ3n) is 8.43. The van der Waals surface area contributed by atoms with Crippen LogP contribution in [0.25, 0.3) is 0 Å². The van der Waals surface area contributed by atoms with E-state index in [-0.39, 0.29) is 5.97 Å². The Kier molecular flexibility index (Phi) is 7.30. The van der Waals surface area contributed by atoms with Gasteiger partial charge in [0.1, 0.15) is 0 Å². The molecule has 2 heterocycles. The SMILES string of the molecule is COC(=O)CC[C@H]1CN(C2Cc3ccccc3C2)CC[C@H]1N1CCc2cc(OC)c(OC)cc2C1. The standard InChI is InChI=1S/C29H38N2O4/c1-33-27-16-22-10-12-31(19-24(22)17-28(27)34-2)26-11-13-30(18-23(26)8-9-29(32)35-3)25-14-20-6-4-5-7-21(20)15-25/h4-7,16-17,23,25-26H,8-15,18-19H2,1-3H3/t23-,26+/m0/s1. The number of benzene rings is 2. The molecule has 0 amide bonds. The zero-order valence-corrected chi connectivity index (χ0v) is 21.3. The van der Waals surface area contributed by atoms with Crippen LogP contribution in [0.2, 0.25) is 0 Å². The quantitative estimate of drug-likeness (QED) is 0.563. The number of hydrogen-bond acceptors (Lipinski definition) is 6. The van der Waals surface area contributed by atoms with Crippen molar-refractivity contribution in [3.63, 3.8) is 0 Å². The second kappa shape index (κ2) is 10.6. The molecule has 6 heteroatoms. The Labute approximate surface area is 209 Å². The third-order valence-corrected chi connectivity index (χ3v) is 8.43. The number of carbonyl (C=O) groups is 1. The molecule has 0 N–H and O–H groups in total. The van der Waals surface area contributed by atoms with Crippen LogP contribution >= 0.6 is 0 Å². The van der Waals surface area contributed by atoms with Gasteiger partial charge in [-0.2, -0.15) is 0 Å². The summed E-state index contributed by atoms with van der Waals surface area (Å²) in [6.07, 6.45) is 5.81. The lowest BCUT2D eigenvalue weighted by atomic mass is 9.84. The molecule has 0 aromatic heterocycles. The van der Waals surface area contributed by atoms with Crippen molar-refractivity contribution in [2.45, 2.75) is 57.2 Å². The average Bonchev–Trinajstić information content (AvgIpc) is 3.34. The van der Waals surface area contributed by atoms with Crippen LogP contribution < -0.4 is 9.47 Å². The van der Waals surface area contributed by atoms with Crippen molar-refractivity contribution in [3.8, 4) is 11.5 Å². The van der Waals surface area contributed by atoms with Crippen molar-refractivity contribution in [2.24, 2.45) is 5.92 Å². The van der Waals surface area contributed by atoms with Crippen LogP contribution in [0.15, 0.2) is 36.4 Å². The zero-order chi connectivity index (χ0) is 24.4. The van der Waals surface area contributed by atoms with Crippen LogP contribution in [0, 0.1) is 5.92 Å². The fourth-order valence-corrected chi connectivity index (χ4v) is 6.53. The van der Waals surface area contributed by atoms with Crippen molar-refractivity contribution in [1.29, 1.82) is 0 Å². The zero-order valence-electron chi connectivity index (χ0n) is 21.3. The number of rotatable bonds is 7. The lowest BCUT2D eigenvalue weighted by Crippen LogP contribution is -2.54. The Morgan fingerprint density at radius 2 is 1.60 bits per heavy atom. The number of methoxy groups -OCH3 is 3. The van der Waals surface area contributed by atoms with Crippen LogP contribution in [-0.4, -0.2) is 68.8 Å². The Morgan fingerprint density at radius 3 is 2.26 bits per heavy atom. The van der Waals surface area contributed by atoms with E-state index in [0.717, 1.165) is 69.8 Å². The molecule has 5 rings (SSSR count). The fraction of sp³-hybridized carbons (Fsp3) is 0.552. The Morgan fingerprint density at radius 1 is 0.914 bits per heavy atom. The maximum absolute atomic E-state index is 12.0. The molecule has 1 saturated heterocycles. The average molecular weight is 479 g/mol. The minimum atomic E-state index is -0.102. The van der Waals surface area contributed by atoms with Crippen LogP contribution in [0.1, 0.15) is 41.5 Å². The van der Waals surface area contributed by atoms with Crippen molar-refractivity contribution >= 4 is 5.97 Å².